The Bertz CT molecular complexity index is 825. The van der Waals surface area contributed by atoms with Gasteiger partial charge in [-0.3, -0.25) is 9.89 Å². The van der Waals surface area contributed by atoms with Crippen LogP contribution in [0.2, 0.25) is 0 Å². The Labute approximate surface area is 135 Å². The molecule has 0 saturated carbocycles. The summed E-state index contributed by atoms with van der Waals surface area (Å²) in [7, 11) is -3.84. The number of benzene rings is 1. The SMILES string of the molecule is Cc1ccc(NC(=O)c2cc(CC(C)C)[nH]n2)cc1S(N)(=O)=O. The molecule has 1 aromatic heterocycles. The molecule has 0 fully saturated rings. The van der Waals surface area contributed by atoms with E-state index in [2.05, 4.69) is 29.4 Å². The topological polar surface area (TPSA) is 118 Å². The van der Waals surface area contributed by atoms with Crippen molar-refractivity contribution in [2.75, 3.05) is 5.32 Å². The van der Waals surface area contributed by atoms with E-state index in [1.54, 1.807) is 25.1 Å². The van der Waals surface area contributed by atoms with Crippen molar-refractivity contribution >= 4 is 21.6 Å². The summed E-state index contributed by atoms with van der Waals surface area (Å²) in [5.74, 6) is 0.0289. The second kappa shape index (κ2) is 6.51. The van der Waals surface area contributed by atoms with E-state index >= 15 is 0 Å². The highest BCUT2D eigenvalue weighted by Gasteiger charge is 2.15. The summed E-state index contributed by atoms with van der Waals surface area (Å²) in [6, 6.07) is 6.22. The van der Waals surface area contributed by atoms with Gasteiger partial charge in [0.25, 0.3) is 5.91 Å². The molecule has 2 aromatic rings. The predicted molar refractivity (Wildman–Crippen MR) is 87.6 cm³/mol. The van der Waals surface area contributed by atoms with Gasteiger partial charge in [-0.2, -0.15) is 5.10 Å². The number of carbonyl (C=O) groups is 1. The van der Waals surface area contributed by atoms with Crippen molar-refractivity contribution in [3.63, 3.8) is 0 Å². The molecule has 0 aliphatic carbocycles. The van der Waals surface area contributed by atoms with Gasteiger partial charge in [0, 0.05) is 11.4 Å². The summed E-state index contributed by atoms with van der Waals surface area (Å²) < 4.78 is 23.0. The number of nitrogens with two attached hydrogens (primary N) is 1. The molecular weight excluding hydrogens is 316 g/mol. The molecule has 0 bridgehead atoms. The first kappa shape index (κ1) is 17.2. The molecule has 0 spiro atoms. The van der Waals surface area contributed by atoms with Gasteiger partial charge in [0.2, 0.25) is 10.0 Å². The number of aromatic nitrogens is 2. The lowest BCUT2D eigenvalue weighted by molar-refractivity contribution is 0.102. The summed E-state index contributed by atoms with van der Waals surface area (Å²) >= 11 is 0. The zero-order valence-electron chi connectivity index (χ0n) is 13.3. The van der Waals surface area contributed by atoms with E-state index in [9.17, 15) is 13.2 Å². The number of carbonyl (C=O) groups excluding carboxylic acids is 1. The Morgan fingerprint density at radius 2 is 2.04 bits per heavy atom. The van der Waals surface area contributed by atoms with E-state index in [-0.39, 0.29) is 10.6 Å². The van der Waals surface area contributed by atoms with Gasteiger partial charge in [0.05, 0.1) is 4.90 Å². The number of rotatable bonds is 5. The summed E-state index contributed by atoms with van der Waals surface area (Å²) in [5, 5.41) is 14.6. The molecule has 2 rings (SSSR count). The van der Waals surface area contributed by atoms with Gasteiger partial charge in [0.15, 0.2) is 5.69 Å². The van der Waals surface area contributed by atoms with E-state index in [0.717, 1.165) is 12.1 Å². The van der Waals surface area contributed by atoms with Crippen molar-refractivity contribution in [1.82, 2.24) is 10.2 Å². The summed E-state index contributed by atoms with van der Waals surface area (Å²) in [6.45, 7) is 5.78. The molecule has 124 valence electrons. The molecule has 0 aliphatic rings. The van der Waals surface area contributed by atoms with Crippen LogP contribution in [-0.4, -0.2) is 24.5 Å². The highest BCUT2D eigenvalue weighted by atomic mass is 32.2. The predicted octanol–water partition coefficient (Wildman–Crippen LogP) is 1.82. The number of hydrogen-bond acceptors (Lipinski definition) is 4. The molecule has 7 nitrogen and oxygen atoms in total. The third-order valence-electron chi connectivity index (χ3n) is 3.24. The van der Waals surface area contributed by atoms with Crippen LogP contribution in [0.1, 0.15) is 35.6 Å². The van der Waals surface area contributed by atoms with Crippen molar-refractivity contribution < 1.29 is 13.2 Å². The normalized spacial score (nSPS) is 11.7. The molecule has 8 heteroatoms. The van der Waals surface area contributed by atoms with Crippen molar-refractivity contribution in [3.05, 3.63) is 41.2 Å². The fraction of sp³-hybridized carbons (Fsp3) is 0.333. The van der Waals surface area contributed by atoms with E-state index in [4.69, 9.17) is 5.14 Å². The average Bonchev–Trinajstić information content (AvgIpc) is 2.87. The first-order chi connectivity index (χ1) is 10.7. The lowest BCUT2D eigenvalue weighted by atomic mass is 10.1. The lowest BCUT2D eigenvalue weighted by Gasteiger charge is -2.08. The fourth-order valence-electron chi connectivity index (χ4n) is 2.20. The number of nitrogens with one attached hydrogen (secondary N) is 2. The number of sulfonamides is 1. The number of nitrogens with zero attached hydrogens (tertiary/aromatic N) is 1. The number of aromatic amines is 1. The van der Waals surface area contributed by atoms with Crippen LogP contribution in [0.3, 0.4) is 0 Å². The minimum absolute atomic E-state index is 0.0159. The molecule has 0 saturated heterocycles. The Balaban J connectivity index is 2.19. The molecule has 1 amide bonds. The molecule has 0 aliphatic heterocycles. The molecule has 1 heterocycles. The number of hydrogen-bond donors (Lipinski definition) is 3. The summed E-state index contributed by atoms with van der Waals surface area (Å²) in [4.78, 5) is 12.2. The number of aryl methyl sites for hydroxylation is 1. The third-order valence-corrected chi connectivity index (χ3v) is 4.30. The summed E-state index contributed by atoms with van der Waals surface area (Å²) in [5.41, 5.74) is 1.99. The monoisotopic (exact) mass is 336 g/mol. The van der Waals surface area contributed by atoms with Gasteiger partial charge in [0.1, 0.15) is 0 Å². The Morgan fingerprint density at radius 3 is 2.65 bits per heavy atom. The minimum atomic E-state index is -3.84. The van der Waals surface area contributed by atoms with Crippen LogP contribution in [0.5, 0.6) is 0 Å². The van der Waals surface area contributed by atoms with Gasteiger partial charge in [-0.05, 0) is 43.0 Å². The molecule has 1 aromatic carbocycles. The maximum Gasteiger partial charge on any atom is 0.276 e. The first-order valence-corrected chi connectivity index (χ1v) is 8.70. The number of H-pyrrole nitrogens is 1. The van der Waals surface area contributed by atoms with Gasteiger partial charge < -0.3 is 5.32 Å². The van der Waals surface area contributed by atoms with Crippen molar-refractivity contribution in [2.45, 2.75) is 32.1 Å². The molecular formula is C15H20N4O3S. The smallest absolute Gasteiger partial charge is 0.276 e. The van der Waals surface area contributed by atoms with E-state index in [1.165, 1.54) is 6.07 Å². The minimum Gasteiger partial charge on any atom is -0.321 e. The van der Waals surface area contributed by atoms with E-state index < -0.39 is 15.9 Å². The van der Waals surface area contributed by atoms with Crippen molar-refractivity contribution in [1.29, 1.82) is 0 Å². The highest BCUT2D eigenvalue weighted by molar-refractivity contribution is 7.89. The van der Waals surface area contributed by atoms with Crippen LogP contribution in [0.4, 0.5) is 5.69 Å². The van der Waals surface area contributed by atoms with Crippen LogP contribution >= 0.6 is 0 Å². The van der Waals surface area contributed by atoms with Gasteiger partial charge in [-0.25, -0.2) is 13.6 Å². The van der Waals surface area contributed by atoms with Gasteiger partial charge in [-0.1, -0.05) is 19.9 Å². The zero-order valence-corrected chi connectivity index (χ0v) is 14.1. The van der Waals surface area contributed by atoms with Gasteiger partial charge in [-0.15, -0.1) is 0 Å². The standard InChI is InChI=1S/C15H20N4O3S/c1-9(2)6-12-7-13(19-18-12)15(20)17-11-5-4-10(3)14(8-11)23(16,21)22/h4-5,7-9H,6H2,1-3H3,(H,17,20)(H,18,19)(H2,16,21,22). The Kier molecular flexibility index (Phi) is 4.86. The molecule has 0 radical (unpaired) electrons. The van der Waals surface area contributed by atoms with Crippen LogP contribution in [0, 0.1) is 12.8 Å². The highest BCUT2D eigenvalue weighted by Crippen LogP contribution is 2.19. The van der Waals surface area contributed by atoms with Crippen LogP contribution in [-0.2, 0) is 16.4 Å². The Hall–Kier alpha value is -2.19. The molecule has 23 heavy (non-hydrogen) atoms. The Morgan fingerprint density at radius 1 is 1.35 bits per heavy atom. The van der Waals surface area contributed by atoms with Crippen molar-refractivity contribution in [2.24, 2.45) is 11.1 Å². The van der Waals surface area contributed by atoms with Crippen molar-refractivity contribution in [3.8, 4) is 0 Å². The molecule has 0 atom stereocenters. The van der Waals surface area contributed by atoms with Gasteiger partial charge >= 0.3 is 0 Å². The first-order valence-electron chi connectivity index (χ1n) is 7.16. The number of primary sulfonamides is 1. The lowest BCUT2D eigenvalue weighted by Crippen LogP contribution is -2.16. The van der Waals surface area contributed by atoms with E-state index in [1.807, 2.05) is 0 Å². The maximum atomic E-state index is 12.2. The molecule has 4 N–H and O–H groups in total. The summed E-state index contributed by atoms with van der Waals surface area (Å²) in [6.07, 6.45) is 0.792. The number of anilines is 1. The second-order valence-corrected chi connectivity index (χ2v) is 7.39. The second-order valence-electron chi connectivity index (χ2n) is 5.86. The van der Waals surface area contributed by atoms with Crippen LogP contribution in [0.25, 0.3) is 0 Å². The van der Waals surface area contributed by atoms with Crippen LogP contribution in [0.15, 0.2) is 29.2 Å². The fourth-order valence-corrected chi connectivity index (χ4v) is 3.01. The van der Waals surface area contributed by atoms with Crippen LogP contribution < -0.4 is 10.5 Å². The molecule has 0 unspecified atom stereocenters. The third kappa shape index (κ3) is 4.40. The largest absolute Gasteiger partial charge is 0.321 e. The maximum absolute atomic E-state index is 12.2. The average molecular weight is 336 g/mol. The zero-order chi connectivity index (χ0) is 17.2. The quantitative estimate of drug-likeness (QED) is 0.771. The number of amides is 1. The van der Waals surface area contributed by atoms with E-state index in [0.29, 0.717) is 17.2 Å².